The molecule has 16 heavy (non-hydrogen) atoms. The first-order valence-corrected chi connectivity index (χ1v) is 6.24. The van der Waals surface area contributed by atoms with E-state index in [9.17, 15) is 0 Å². The molecule has 0 saturated heterocycles. The SMILES string of the molecule is C=Cc1cc(C(C)(CC)CCCC)n(C)n1. The van der Waals surface area contributed by atoms with Crippen LogP contribution in [-0.2, 0) is 12.5 Å². The second kappa shape index (κ2) is 5.33. The van der Waals surface area contributed by atoms with Crippen molar-refractivity contribution >= 4 is 6.08 Å². The van der Waals surface area contributed by atoms with Crippen LogP contribution >= 0.6 is 0 Å². The van der Waals surface area contributed by atoms with E-state index in [1.54, 1.807) is 0 Å². The fourth-order valence-corrected chi connectivity index (χ4v) is 2.21. The first-order valence-electron chi connectivity index (χ1n) is 6.24. The van der Waals surface area contributed by atoms with Gasteiger partial charge in [-0.15, -0.1) is 0 Å². The second-order valence-corrected chi connectivity index (χ2v) is 4.80. The van der Waals surface area contributed by atoms with Gasteiger partial charge in [0.2, 0.25) is 0 Å². The monoisotopic (exact) mass is 220 g/mol. The molecular formula is C14H24N2. The summed E-state index contributed by atoms with van der Waals surface area (Å²) in [5.41, 5.74) is 2.56. The molecular weight excluding hydrogens is 196 g/mol. The molecule has 1 heterocycles. The quantitative estimate of drug-likeness (QED) is 0.710. The number of aryl methyl sites for hydroxylation is 1. The number of aromatic nitrogens is 2. The van der Waals surface area contributed by atoms with E-state index in [1.807, 2.05) is 17.8 Å². The summed E-state index contributed by atoms with van der Waals surface area (Å²) < 4.78 is 2.01. The van der Waals surface area contributed by atoms with Gasteiger partial charge in [-0.1, -0.05) is 40.2 Å². The largest absolute Gasteiger partial charge is 0.272 e. The van der Waals surface area contributed by atoms with E-state index in [0.29, 0.717) is 0 Å². The summed E-state index contributed by atoms with van der Waals surface area (Å²) in [7, 11) is 2.03. The molecule has 1 aromatic rings. The Labute approximate surface area is 99.4 Å². The minimum atomic E-state index is 0.249. The van der Waals surface area contributed by atoms with Crippen molar-refractivity contribution in [2.75, 3.05) is 0 Å². The van der Waals surface area contributed by atoms with Crippen molar-refractivity contribution in [1.29, 1.82) is 0 Å². The summed E-state index contributed by atoms with van der Waals surface area (Å²) in [6.45, 7) is 10.6. The van der Waals surface area contributed by atoms with Gasteiger partial charge in [0.25, 0.3) is 0 Å². The molecule has 0 aromatic carbocycles. The molecule has 0 radical (unpaired) electrons. The molecule has 0 aliphatic heterocycles. The summed E-state index contributed by atoms with van der Waals surface area (Å²) in [4.78, 5) is 0. The third kappa shape index (κ3) is 2.55. The van der Waals surface area contributed by atoms with Crippen LogP contribution in [0.5, 0.6) is 0 Å². The van der Waals surface area contributed by atoms with Gasteiger partial charge in [0.15, 0.2) is 0 Å². The maximum Gasteiger partial charge on any atom is 0.0848 e. The van der Waals surface area contributed by atoms with Crippen LogP contribution in [0.25, 0.3) is 6.08 Å². The van der Waals surface area contributed by atoms with Crippen molar-refractivity contribution < 1.29 is 0 Å². The van der Waals surface area contributed by atoms with Gasteiger partial charge >= 0.3 is 0 Å². The number of unbranched alkanes of at least 4 members (excludes halogenated alkanes) is 1. The Bertz CT molecular complexity index is 352. The summed E-state index contributed by atoms with van der Waals surface area (Å²) in [5, 5.41) is 4.45. The van der Waals surface area contributed by atoms with Gasteiger partial charge in [-0.05, 0) is 25.0 Å². The van der Waals surface area contributed by atoms with E-state index in [1.165, 1.54) is 25.0 Å². The molecule has 0 N–H and O–H groups in total. The van der Waals surface area contributed by atoms with E-state index < -0.39 is 0 Å². The van der Waals surface area contributed by atoms with Crippen LogP contribution in [0.2, 0.25) is 0 Å². The Morgan fingerprint density at radius 2 is 2.19 bits per heavy atom. The van der Waals surface area contributed by atoms with E-state index in [-0.39, 0.29) is 5.41 Å². The summed E-state index contributed by atoms with van der Waals surface area (Å²) >= 11 is 0. The zero-order valence-corrected chi connectivity index (χ0v) is 11.1. The molecule has 90 valence electrons. The van der Waals surface area contributed by atoms with Gasteiger partial charge in [0.1, 0.15) is 0 Å². The highest BCUT2D eigenvalue weighted by Gasteiger charge is 2.27. The van der Waals surface area contributed by atoms with Crippen LogP contribution in [0.4, 0.5) is 0 Å². The van der Waals surface area contributed by atoms with Crippen molar-refractivity contribution in [3.05, 3.63) is 24.0 Å². The van der Waals surface area contributed by atoms with Crippen LogP contribution in [-0.4, -0.2) is 9.78 Å². The number of hydrogen-bond acceptors (Lipinski definition) is 1. The standard InChI is InChI=1S/C14H24N2/c1-6-9-10-14(4,8-3)13-11-12(7-2)15-16(13)5/h7,11H,2,6,8-10H2,1,3-5H3. The van der Waals surface area contributed by atoms with Gasteiger partial charge in [0, 0.05) is 18.2 Å². The number of nitrogens with zero attached hydrogens (tertiary/aromatic N) is 2. The van der Waals surface area contributed by atoms with E-state index in [2.05, 4.69) is 38.5 Å². The fourth-order valence-electron chi connectivity index (χ4n) is 2.21. The highest BCUT2D eigenvalue weighted by atomic mass is 15.3. The van der Waals surface area contributed by atoms with Crippen LogP contribution in [0, 0.1) is 0 Å². The molecule has 0 amide bonds. The fraction of sp³-hybridized carbons (Fsp3) is 0.643. The highest BCUT2D eigenvalue weighted by Crippen LogP contribution is 2.33. The molecule has 0 aliphatic carbocycles. The average Bonchev–Trinajstić information content (AvgIpc) is 2.68. The Balaban J connectivity index is 3.01. The molecule has 2 nitrogen and oxygen atoms in total. The third-order valence-corrected chi connectivity index (χ3v) is 3.59. The number of rotatable bonds is 6. The van der Waals surface area contributed by atoms with Crippen LogP contribution in [0.15, 0.2) is 12.6 Å². The van der Waals surface area contributed by atoms with Crippen LogP contribution in [0.3, 0.4) is 0 Å². The lowest BCUT2D eigenvalue weighted by molar-refractivity contribution is 0.376. The topological polar surface area (TPSA) is 17.8 Å². The van der Waals surface area contributed by atoms with Gasteiger partial charge in [-0.2, -0.15) is 5.10 Å². The minimum absolute atomic E-state index is 0.249. The molecule has 0 saturated carbocycles. The Hall–Kier alpha value is -1.05. The van der Waals surface area contributed by atoms with E-state index in [0.717, 1.165) is 12.1 Å². The molecule has 0 bridgehead atoms. The molecule has 1 rings (SSSR count). The normalized spacial score (nSPS) is 14.8. The molecule has 2 heteroatoms. The lowest BCUT2D eigenvalue weighted by Crippen LogP contribution is -2.24. The van der Waals surface area contributed by atoms with E-state index in [4.69, 9.17) is 0 Å². The molecule has 1 aromatic heterocycles. The van der Waals surface area contributed by atoms with Gasteiger partial charge < -0.3 is 0 Å². The lowest BCUT2D eigenvalue weighted by Gasteiger charge is -2.28. The van der Waals surface area contributed by atoms with Crippen molar-refractivity contribution in [1.82, 2.24) is 9.78 Å². The molecule has 1 unspecified atom stereocenters. The molecule has 0 fully saturated rings. The van der Waals surface area contributed by atoms with Crippen molar-refractivity contribution in [3.8, 4) is 0 Å². The maximum absolute atomic E-state index is 4.45. The van der Waals surface area contributed by atoms with Crippen LogP contribution < -0.4 is 0 Å². The van der Waals surface area contributed by atoms with Crippen molar-refractivity contribution in [2.24, 2.45) is 7.05 Å². The molecule has 1 atom stereocenters. The predicted molar refractivity (Wildman–Crippen MR) is 70.5 cm³/mol. The van der Waals surface area contributed by atoms with Gasteiger partial charge in [0.05, 0.1) is 5.69 Å². The maximum atomic E-state index is 4.45. The summed E-state index contributed by atoms with van der Waals surface area (Å²) in [5.74, 6) is 0. The second-order valence-electron chi connectivity index (χ2n) is 4.80. The zero-order chi connectivity index (χ0) is 12.2. The molecule has 0 spiro atoms. The third-order valence-electron chi connectivity index (χ3n) is 3.59. The van der Waals surface area contributed by atoms with Crippen molar-refractivity contribution in [2.45, 2.75) is 51.9 Å². The first-order chi connectivity index (χ1) is 7.57. The predicted octanol–water partition coefficient (Wildman–Crippen LogP) is 3.92. The zero-order valence-electron chi connectivity index (χ0n) is 11.1. The van der Waals surface area contributed by atoms with E-state index >= 15 is 0 Å². The minimum Gasteiger partial charge on any atom is -0.272 e. The van der Waals surface area contributed by atoms with Gasteiger partial charge in [-0.25, -0.2) is 0 Å². The first kappa shape index (κ1) is 13.0. The Kier molecular flexibility index (Phi) is 4.34. The average molecular weight is 220 g/mol. The van der Waals surface area contributed by atoms with Gasteiger partial charge in [-0.3, -0.25) is 4.68 Å². The summed E-state index contributed by atoms with van der Waals surface area (Å²) in [6, 6.07) is 2.17. The Morgan fingerprint density at radius 3 is 2.62 bits per heavy atom. The lowest BCUT2D eigenvalue weighted by atomic mass is 9.79. The van der Waals surface area contributed by atoms with Crippen molar-refractivity contribution in [3.63, 3.8) is 0 Å². The number of hydrogen-bond donors (Lipinski definition) is 0. The van der Waals surface area contributed by atoms with Crippen LogP contribution in [0.1, 0.15) is 57.8 Å². The highest BCUT2D eigenvalue weighted by molar-refractivity contribution is 5.43. The summed E-state index contributed by atoms with van der Waals surface area (Å²) in [6.07, 6.45) is 6.74. The Morgan fingerprint density at radius 1 is 1.50 bits per heavy atom. The molecule has 0 aliphatic rings. The smallest absolute Gasteiger partial charge is 0.0848 e.